The van der Waals surface area contributed by atoms with Gasteiger partial charge in [0.1, 0.15) is 0 Å². The molecule has 2 aromatic rings. The van der Waals surface area contributed by atoms with Crippen LogP contribution in [0.5, 0.6) is 0 Å². The SMILES string of the molecule is c1cc([C]2CCCC3C2CCC2CCCCC23)c2ccc3c(c2c1)CCCC3. The van der Waals surface area contributed by atoms with Gasteiger partial charge in [0, 0.05) is 5.92 Å². The van der Waals surface area contributed by atoms with Crippen molar-refractivity contribution in [2.75, 3.05) is 0 Å². The fourth-order valence-electron chi connectivity index (χ4n) is 7.85. The van der Waals surface area contributed by atoms with Gasteiger partial charge in [-0.25, -0.2) is 0 Å². The second-order valence-electron chi connectivity index (χ2n) is 10.3. The highest BCUT2D eigenvalue weighted by Crippen LogP contribution is 2.55. The predicted molar refractivity (Wildman–Crippen MR) is 118 cm³/mol. The van der Waals surface area contributed by atoms with Crippen molar-refractivity contribution >= 4 is 10.8 Å². The molecule has 4 aliphatic carbocycles. The summed E-state index contributed by atoms with van der Waals surface area (Å²) in [6.45, 7) is 0. The minimum atomic E-state index is 0.884. The summed E-state index contributed by atoms with van der Waals surface area (Å²) >= 11 is 0. The average molecular weight is 372 g/mol. The van der Waals surface area contributed by atoms with Crippen LogP contribution in [0.3, 0.4) is 0 Å². The maximum absolute atomic E-state index is 2.48. The standard InChI is InChI=1S/C28H35/c1-3-9-21-19(7-1)15-17-27-23(21)11-5-13-25(27)26-14-6-12-24-22-10-4-2-8-20(22)16-18-28(24)26/h5,11,13,15,17,20,22,24,28H,1-4,6-10,12,14,16,18H2. The van der Waals surface area contributed by atoms with E-state index in [2.05, 4.69) is 30.3 Å². The van der Waals surface area contributed by atoms with E-state index in [1.807, 2.05) is 5.92 Å². The molecule has 0 nitrogen and oxygen atoms in total. The summed E-state index contributed by atoms with van der Waals surface area (Å²) in [7, 11) is 0. The van der Waals surface area contributed by atoms with Crippen LogP contribution in [-0.4, -0.2) is 0 Å². The fourth-order valence-corrected chi connectivity index (χ4v) is 7.85. The first-order valence-electron chi connectivity index (χ1n) is 12.3. The van der Waals surface area contributed by atoms with Crippen molar-refractivity contribution in [2.45, 2.75) is 83.5 Å². The quantitative estimate of drug-likeness (QED) is 0.483. The van der Waals surface area contributed by atoms with Gasteiger partial charge >= 0.3 is 0 Å². The average Bonchev–Trinajstić information content (AvgIpc) is 2.78. The van der Waals surface area contributed by atoms with Crippen LogP contribution in [0.2, 0.25) is 0 Å². The summed E-state index contributed by atoms with van der Waals surface area (Å²) in [5.41, 5.74) is 4.94. The molecule has 0 amide bonds. The first-order valence-corrected chi connectivity index (χ1v) is 12.3. The molecule has 6 rings (SSSR count). The van der Waals surface area contributed by atoms with Crippen LogP contribution in [0.25, 0.3) is 10.8 Å². The lowest BCUT2D eigenvalue weighted by Crippen LogP contribution is -2.41. The number of fused-ring (bicyclic) bond motifs is 6. The zero-order valence-electron chi connectivity index (χ0n) is 17.4. The van der Waals surface area contributed by atoms with Gasteiger partial charge < -0.3 is 0 Å². The highest BCUT2D eigenvalue weighted by atomic mass is 14.5. The first kappa shape index (κ1) is 17.5. The Morgan fingerprint density at radius 1 is 0.607 bits per heavy atom. The van der Waals surface area contributed by atoms with E-state index in [9.17, 15) is 0 Å². The molecule has 3 saturated carbocycles. The Bertz CT molecular complexity index is 862. The summed E-state index contributed by atoms with van der Waals surface area (Å²) in [5.74, 6) is 5.84. The molecular formula is C28H35. The number of benzene rings is 2. The fraction of sp³-hybridized carbons (Fsp3) is 0.607. The Kier molecular flexibility index (Phi) is 4.51. The zero-order chi connectivity index (χ0) is 18.5. The molecule has 28 heavy (non-hydrogen) atoms. The molecule has 0 bridgehead atoms. The van der Waals surface area contributed by atoms with E-state index in [-0.39, 0.29) is 0 Å². The Morgan fingerprint density at radius 3 is 2.50 bits per heavy atom. The van der Waals surface area contributed by atoms with E-state index in [0.29, 0.717) is 0 Å². The number of aryl methyl sites for hydroxylation is 2. The van der Waals surface area contributed by atoms with Crippen LogP contribution in [0.15, 0.2) is 30.3 Å². The maximum Gasteiger partial charge on any atom is 0.00898 e. The van der Waals surface area contributed by atoms with Crippen LogP contribution in [-0.2, 0) is 12.8 Å². The monoisotopic (exact) mass is 371 g/mol. The van der Waals surface area contributed by atoms with Crippen molar-refractivity contribution in [3.8, 4) is 0 Å². The Balaban J connectivity index is 1.40. The topological polar surface area (TPSA) is 0 Å². The van der Waals surface area contributed by atoms with Crippen LogP contribution in [0, 0.1) is 29.6 Å². The summed E-state index contributed by atoms with van der Waals surface area (Å²) in [4.78, 5) is 0. The zero-order valence-corrected chi connectivity index (χ0v) is 17.4. The lowest BCUT2D eigenvalue weighted by Gasteiger charge is -2.50. The van der Waals surface area contributed by atoms with Crippen molar-refractivity contribution in [1.82, 2.24) is 0 Å². The molecule has 3 fully saturated rings. The number of hydrogen-bond donors (Lipinski definition) is 0. The van der Waals surface area contributed by atoms with E-state index in [0.717, 1.165) is 23.7 Å². The Morgan fingerprint density at radius 2 is 1.50 bits per heavy atom. The highest BCUT2D eigenvalue weighted by Gasteiger charge is 2.45. The largest absolute Gasteiger partial charge is 0.0613 e. The van der Waals surface area contributed by atoms with Gasteiger partial charge in [-0.1, -0.05) is 56.0 Å². The highest BCUT2D eigenvalue weighted by molar-refractivity contribution is 5.91. The molecule has 0 aromatic heterocycles. The van der Waals surface area contributed by atoms with E-state index >= 15 is 0 Å². The second-order valence-corrected chi connectivity index (χ2v) is 10.3. The van der Waals surface area contributed by atoms with Gasteiger partial charge in [-0.15, -0.1) is 0 Å². The first-order chi connectivity index (χ1) is 13.9. The minimum absolute atomic E-state index is 0.884. The molecule has 1 radical (unpaired) electrons. The number of hydrogen-bond acceptors (Lipinski definition) is 0. The molecule has 2 aromatic carbocycles. The van der Waals surface area contributed by atoms with E-state index in [4.69, 9.17) is 0 Å². The smallest absolute Gasteiger partial charge is 0.00898 e. The summed E-state index contributed by atoms with van der Waals surface area (Å²) in [5, 5.41) is 3.15. The van der Waals surface area contributed by atoms with Gasteiger partial charge in [-0.05, 0) is 109 Å². The molecule has 4 atom stereocenters. The normalized spacial score (nSPS) is 33.1. The van der Waals surface area contributed by atoms with E-state index in [1.165, 1.54) is 83.5 Å². The lowest BCUT2D eigenvalue weighted by molar-refractivity contribution is 0.0415. The summed E-state index contributed by atoms with van der Waals surface area (Å²) in [6, 6.07) is 12.2. The van der Waals surface area contributed by atoms with Crippen molar-refractivity contribution in [3.63, 3.8) is 0 Å². The molecule has 0 N–H and O–H groups in total. The summed E-state index contributed by atoms with van der Waals surface area (Å²) < 4.78 is 0. The van der Waals surface area contributed by atoms with Gasteiger partial charge in [-0.3, -0.25) is 0 Å². The number of rotatable bonds is 1. The van der Waals surface area contributed by atoms with Gasteiger partial charge in [-0.2, -0.15) is 0 Å². The van der Waals surface area contributed by atoms with Crippen molar-refractivity contribution < 1.29 is 0 Å². The van der Waals surface area contributed by atoms with Gasteiger partial charge in [0.05, 0.1) is 0 Å². The van der Waals surface area contributed by atoms with Crippen molar-refractivity contribution in [3.05, 3.63) is 52.9 Å². The van der Waals surface area contributed by atoms with Crippen LogP contribution in [0.1, 0.15) is 87.3 Å². The molecule has 4 unspecified atom stereocenters. The van der Waals surface area contributed by atoms with Gasteiger partial charge in [0.25, 0.3) is 0 Å². The van der Waals surface area contributed by atoms with Crippen LogP contribution >= 0.6 is 0 Å². The molecule has 147 valence electrons. The molecule has 0 spiro atoms. The van der Waals surface area contributed by atoms with Crippen molar-refractivity contribution in [1.29, 1.82) is 0 Å². The van der Waals surface area contributed by atoms with Crippen LogP contribution < -0.4 is 0 Å². The Hall–Kier alpha value is -1.30. The van der Waals surface area contributed by atoms with Gasteiger partial charge in [0.2, 0.25) is 0 Å². The molecule has 0 heterocycles. The minimum Gasteiger partial charge on any atom is -0.0613 e. The maximum atomic E-state index is 2.48. The molecule has 0 saturated heterocycles. The summed E-state index contributed by atoms with van der Waals surface area (Å²) in [6.07, 6.45) is 18.7. The van der Waals surface area contributed by atoms with Gasteiger partial charge in [0.15, 0.2) is 0 Å². The molecule has 0 aliphatic heterocycles. The lowest BCUT2D eigenvalue weighted by atomic mass is 9.54. The van der Waals surface area contributed by atoms with Crippen LogP contribution in [0.4, 0.5) is 0 Å². The second kappa shape index (κ2) is 7.19. The molecule has 0 heteroatoms. The predicted octanol–water partition coefficient (Wildman–Crippen LogP) is 7.66. The third kappa shape index (κ3) is 2.78. The molecule has 4 aliphatic rings. The van der Waals surface area contributed by atoms with E-state index < -0.39 is 0 Å². The third-order valence-electron chi connectivity index (χ3n) is 9.05. The third-order valence-corrected chi connectivity index (χ3v) is 9.05. The Labute approximate surface area is 171 Å². The van der Waals surface area contributed by atoms with E-state index in [1.54, 1.807) is 27.5 Å². The van der Waals surface area contributed by atoms with Crippen molar-refractivity contribution in [2.24, 2.45) is 23.7 Å². The molecular weight excluding hydrogens is 336 g/mol.